The van der Waals surface area contributed by atoms with E-state index in [9.17, 15) is 8.78 Å². The Morgan fingerprint density at radius 1 is 1.00 bits per heavy atom. The highest BCUT2D eigenvalue weighted by Gasteiger charge is 2.03. The van der Waals surface area contributed by atoms with Gasteiger partial charge < -0.3 is 10.6 Å². The summed E-state index contributed by atoms with van der Waals surface area (Å²) >= 11 is 0. The smallest absolute Gasteiger partial charge is 0.135 e. The van der Waals surface area contributed by atoms with Crippen LogP contribution in [0, 0.1) is 11.6 Å². The molecular weight excluding hydrogens is 250 g/mol. The predicted molar refractivity (Wildman–Crippen MR) is 70.5 cm³/mol. The van der Waals surface area contributed by atoms with Crippen molar-refractivity contribution in [2.24, 2.45) is 0 Å². The zero-order chi connectivity index (χ0) is 13.7. The van der Waals surface area contributed by atoms with Crippen LogP contribution < -0.4 is 10.6 Å². The molecule has 2 N–H and O–H groups in total. The third kappa shape index (κ3) is 3.87. The minimum Gasteiger partial charge on any atom is -0.370 e. The molecule has 2 rings (SSSR count). The van der Waals surface area contributed by atoms with Gasteiger partial charge >= 0.3 is 0 Å². The van der Waals surface area contributed by atoms with Crippen molar-refractivity contribution in [2.75, 3.05) is 17.2 Å². The molecule has 2 aromatic rings. The first-order valence-electron chi connectivity index (χ1n) is 5.96. The number of nitrogens with zero attached hydrogens (tertiary/aromatic N) is 2. The first-order valence-corrected chi connectivity index (χ1v) is 5.96. The fraction of sp³-hybridized carbons (Fsp3) is 0.231. The zero-order valence-electron chi connectivity index (χ0n) is 10.5. The van der Waals surface area contributed by atoms with E-state index in [0.29, 0.717) is 17.3 Å². The second kappa shape index (κ2) is 6.08. The van der Waals surface area contributed by atoms with Gasteiger partial charge in [0.1, 0.15) is 29.6 Å². The van der Waals surface area contributed by atoms with Crippen LogP contribution in [0.2, 0.25) is 0 Å². The van der Waals surface area contributed by atoms with Crippen LogP contribution in [0.25, 0.3) is 0 Å². The van der Waals surface area contributed by atoms with Gasteiger partial charge in [0.25, 0.3) is 0 Å². The highest BCUT2D eigenvalue weighted by molar-refractivity contribution is 5.58. The van der Waals surface area contributed by atoms with Crippen LogP contribution >= 0.6 is 0 Å². The molecule has 1 aromatic carbocycles. The number of hydrogen-bond acceptors (Lipinski definition) is 4. The van der Waals surface area contributed by atoms with E-state index in [0.717, 1.165) is 19.0 Å². The fourth-order valence-electron chi connectivity index (χ4n) is 1.55. The van der Waals surface area contributed by atoms with Gasteiger partial charge in [-0.05, 0) is 18.6 Å². The first-order chi connectivity index (χ1) is 9.17. The number of hydrogen-bond donors (Lipinski definition) is 2. The molecule has 1 aromatic heterocycles. The molecule has 1 heterocycles. The van der Waals surface area contributed by atoms with Crippen LogP contribution in [-0.4, -0.2) is 16.5 Å². The predicted octanol–water partition coefficient (Wildman–Crippen LogP) is 3.32. The SMILES string of the molecule is CCCNc1cc(Nc2cc(F)cc(F)c2)ncn1. The molecule has 0 fully saturated rings. The molecule has 4 nitrogen and oxygen atoms in total. The van der Waals surface area contributed by atoms with E-state index in [2.05, 4.69) is 20.6 Å². The summed E-state index contributed by atoms with van der Waals surface area (Å²) in [6.45, 7) is 2.84. The van der Waals surface area contributed by atoms with Gasteiger partial charge in [-0.2, -0.15) is 0 Å². The Morgan fingerprint density at radius 3 is 2.37 bits per heavy atom. The van der Waals surface area contributed by atoms with E-state index in [1.54, 1.807) is 6.07 Å². The number of anilines is 3. The maximum absolute atomic E-state index is 13.1. The summed E-state index contributed by atoms with van der Waals surface area (Å²) in [6, 6.07) is 4.90. The molecule has 0 spiro atoms. The van der Waals surface area contributed by atoms with Crippen molar-refractivity contribution in [1.82, 2.24) is 9.97 Å². The van der Waals surface area contributed by atoms with Gasteiger partial charge in [0.15, 0.2) is 0 Å². The molecule has 100 valence electrons. The summed E-state index contributed by atoms with van der Waals surface area (Å²) in [5.74, 6) is -0.142. The Morgan fingerprint density at radius 2 is 1.68 bits per heavy atom. The number of aromatic nitrogens is 2. The van der Waals surface area contributed by atoms with Crippen molar-refractivity contribution in [2.45, 2.75) is 13.3 Å². The lowest BCUT2D eigenvalue weighted by atomic mass is 10.3. The molecule has 0 aliphatic carbocycles. The summed E-state index contributed by atoms with van der Waals surface area (Å²) in [5, 5.41) is 5.94. The normalized spacial score (nSPS) is 10.3. The quantitative estimate of drug-likeness (QED) is 0.869. The van der Waals surface area contributed by atoms with Crippen LogP contribution in [-0.2, 0) is 0 Å². The first kappa shape index (κ1) is 13.2. The van der Waals surface area contributed by atoms with Crippen molar-refractivity contribution in [3.05, 3.63) is 42.2 Å². The monoisotopic (exact) mass is 264 g/mol. The Labute approximate surface area is 109 Å². The molecule has 0 radical (unpaired) electrons. The van der Waals surface area contributed by atoms with Gasteiger partial charge in [-0.25, -0.2) is 18.7 Å². The Balaban J connectivity index is 2.13. The molecule has 0 amide bonds. The lowest BCUT2D eigenvalue weighted by Gasteiger charge is -2.08. The van der Waals surface area contributed by atoms with Crippen LogP contribution in [0.5, 0.6) is 0 Å². The van der Waals surface area contributed by atoms with Crippen molar-refractivity contribution in [3.8, 4) is 0 Å². The maximum atomic E-state index is 13.1. The third-order valence-electron chi connectivity index (χ3n) is 2.36. The lowest BCUT2D eigenvalue weighted by Crippen LogP contribution is -2.03. The third-order valence-corrected chi connectivity index (χ3v) is 2.36. The van der Waals surface area contributed by atoms with E-state index in [1.165, 1.54) is 18.5 Å². The minimum atomic E-state index is -0.638. The Kier molecular flexibility index (Phi) is 4.22. The lowest BCUT2D eigenvalue weighted by molar-refractivity contribution is 0.584. The summed E-state index contributed by atoms with van der Waals surface area (Å²) in [6.07, 6.45) is 2.36. The number of benzene rings is 1. The van der Waals surface area contributed by atoms with Crippen LogP contribution in [0.1, 0.15) is 13.3 Å². The fourth-order valence-corrected chi connectivity index (χ4v) is 1.55. The largest absolute Gasteiger partial charge is 0.370 e. The summed E-state index contributed by atoms with van der Waals surface area (Å²) in [7, 11) is 0. The van der Waals surface area contributed by atoms with Crippen molar-refractivity contribution < 1.29 is 8.78 Å². The molecule has 6 heteroatoms. The van der Waals surface area contributed by atoms with E-state index in [4.69, 9.17) is 0 Å². The Bertz CT molecular complexity index is 540. The number of nitrogens with one attached hydrogen (secondary N) is 2. The van der Waals surface area contributed by atoms with Crippen LogP contribution in [0.4, 0.5) is 26.1 Å². The highest BCUT2D eigenvalue weighted by Crippen LogP contribution is 2.18. The molecule has 0 aliphatic heterocycles. The van der Waals surface area contributed by atoms with Gasteiger partial charge in [0.05, 0.1) is 0 Å². The average Bonchev–Trinajstić information content (AvgIpc) is 2.35. The van der Waals surface area contributed by atoms with Crippen LogP contribution in [0.15, 0.2) is 30.6 Å². The molecule has 19 heavy (non-hydrogen) atoms. The highest BCUT2D eigenvalue weighted by atomic mass is 19.1. The van der Waals surface area contributed by atoms with Crippen molar-refractivity contribution in [3.63, 3.8) is 0 Å². The molecule has 0 saturated heterocycles. The van der Waals surface area contributed by atoms with Crippen molar-refractivity contribution in [1.29, 1.82) is 0 Å². The van der Waals surface area contributed by atoms with E-state index < -0.39 is 11.6 Å². The Hall–Kier alpha value is -2.24. The standard InChI is InChI=1S/C13H14F2N4/c1-2-3-16-12-7-13(18-8-17-12)19-11-5-9(14)4-10(15)6-11/h4-8H,2-3H2,1H3,(H2,16,17,18,19). The summed E-state index contributed by atoms with van der Waals surface area (Å²) in [5.41, 5.74) is 0.303. The van der Waals surface area contributed by atoms with E-state index in [-0.39, 0.29) is 0 Å². The second-order valence-electron chi connectivity index (χ2n) is 4.00. The van der Waals surface area contributed by atoms with Crippen LogP contribution in [0.3, 0.4) is 0 Å². The molecule has 0 aliphatic rings. The van der Waals surface area contributed by atoms with E-state index in [1.807, 2.05) is 6.92 Å². The topological polar surface area (TPSA) is 49.8 Å². The molecule has 0 unspecified atom stereocenters. The number of rotatable bonds is 5. The van der Waals surface area contributed by atoms with Gasteiger partial charge in [-0.15, -0.1) is 0 Å². The minimum absolute atomic E-state index is 0.303. The maximum Gasteiger partial charge on any atom is 0.135 e. The van der Waals surface area contributed by atoms with Gasteiger partial charge in [0, 0.05) is 24.4 Å². The van der Waals surface area contributed by atoms with Gasteiger partial charge in [-0.1, -0.05) is 6.92 Å². The summed E-state index contributed by atoms with van der Waals surface area (Å²) < 4.78 is 26.1. The molecule has 0 atom stereocenters. The molecule has 0 bridgehead atoms. The zero-order valence-corrected chi connectivity index (χ0v) is 10.5. The second-order valence-corrected chi connectivity index (χ2v) is 4.00. The molecule has 0 saturated carbocycles. The van der Waals surface area contributed by atoms with Gasteiger partial charge in [0.2, 0.25) is 0 Å². The average molecular weight is 264 g/mol. The van der Waals surface area contributed by atoms with E-state index >= 15 is 0 Å². The molecular formula is C13H14F2N4. The van der Waals surface area contributed by atoms with Crippen molar-refractivity contribution >= 4 is 17.3 Å². The summed E-state index contributed by atoms with van der Waals surface area (Å²) in [4.78, 5) is 8.04. The number of halogens is 2. The van der Waals surface area contributed by atoms with Gasteiger partial charge in [-0.3, -0.25) is 0 Å².